The molecule has 1 aliphatic heterocycles. The summed E-state index contributed by atoms with van der Waals surface area (Å²) in [5.74, 6) is 1.59. The Morgan fingerprint density at radius 2 is 1.76 bits per heavy atom. The second kappa shape index (κ2) is 9.05. The van der Waals surface area contributed by atoms with Gasteiger partial charge in [0.2, 0.25) is 0 Å². The molecular weight excluding hydrogens is 422 g/mol. The number of hydrogen-bond donors (Lipinski definition) is 0. The van der Waals surface area contributed by atoms with Crippen LogP contribution in [0.1, 0.15) is 27.8 Å². The molecule has 0 amide bonds. The fourth-order valence-corrected chi connectivity index (χ4v) is 4.58. The maximum atomic E-state index is 9.90. The normalized spacial score (nSPS) is 16.5. The number of aryl methyl sites for hydroxylation is 1. The number of benzene rings is 4. The minimum absolute atomic E-state index is 0.482. The molecule has 0 aliphatic carbocycles. The molecular formula is C30H25NO3. The lowest BCUT2D eigenvalue weighted by atomic mass is 9.80. The number of methoxy groups -OCH3 is 1. The number of ether oxygens (including phenoxy) is 3. The van der Waals surface area contributed by atoms with Gasteiger partial charge in [0.05, 0.1) is 18.2 Å². The number of hydrogen-bond acceptors (Lipinski definition) is 4. The topological polar surface area (TPSA) is 51.5 Å². The van der Waals surface area contributed by atoms with Crippen molar-refractivity contribution < 1.29 is 14.2 Å². The largest absolute Gasteiger partial charge is 0.491 e. The van der Waals surface area contributed by atoms with Crippen LogP contribution in [-0.2, 0) is 10.3 Å². The summed E-state index contributed by atoms with van der Waals surface area (Å²) in [6.45, 7) is 3.02. The molecule has 0 aromatic heterocycles. The zero-order valence-electron chi connectivity index (χ0n) is 19.2. The van der Waals surface area contributed by atoms with Crippen molar-refractivity contribution in [3.63, 3.8) is 0 Å². The lowest BCUT2D eigenvalue weighted by Crippen LogP contribution is -2.35. The standard InChI is InChI=1S/C30H25NO3/c1-21-19-24(12-14-28(21)33-18-17-32-2)30(27-10-6-4-8-23(27)20-31)16-15-26-25-9-5-3-7-22(25)11-13-29(26)34-30/h3-16,19H,17-18H2,1-2H3. The molecule has 0 spiro atoms. The van der Waals surface area contributed by atoms with Crippen LogP contribution in [-0.4, -0.2) is 20.3 Å². The van der Waals surface area contributed by atoms with E-state index in [0.717, 1.165) is 44.5 Å². The molecule has 1 atom stereocenters. The van der Waals surface area contributed by atoms with Crippen LogP contribution in [0.4, 0.5) is 0 Å². The highest BCUT2D eigenvalue weighted by molar-refractivity contribution is 5.94. The fourth-order valence-electron chi connectivity index (χ4n) is 4.58. The van der Waals surface area contributed by atoms with Crippen molar-refractivity contribution in [2.24, 2.45) is 0 Å². The fraction of sp³-hybridized carbons (Fsp3) is 0.167. The van der Waals surface area contributed by atoms with E-state index in [1.165, 1.54) is 0 Å². The molecule has 168 valence electrons. The van der Waals surface area contributed by atoms with E-state index in [2.05, 4.69) is 42.5 Å². The van der Waals surface area contributed by atoms with Crippen LogP contribution in [0.2, 0.25) is 0 Å². The molecule has 1 aliphatic rings. The molecule has 0 radical (unpaired) electrons. The van der Waals surface area contributed by atoms with Gasteiger partial charge in [-0.3, -0.25) is 0 Å². The molecule has 0 fully saturated rings. The average Bonchev–Trinajstić information content (AvgIpc) is 2.89. The summed E-state index contributed by atoms with van der Waals surface area (Å²) in [7, 11) is 1.66. The van der Waals surface area contributed by atoms with Crippen LogP contribution in [0.15, 0.2) is 84.9 Å². The van der Waals surface area contributed by atoms with Gasteiger partial charge in [-0.25, -0.2) is 0 Å². The summed E-state index contributed by atoms with van der Waals surface area (Å²) in [5, 5.41) is 12.2. The first kappa shape index (κ1) is 21.8. The molecule has 4 aromatic rings. The van der Waals surface area contributed by atoms with Crippen molar-refractivity contribution in [1.29, 1.82) is 5.26 Å². The van der Waals surface area contributed by atoms with Crippen molar-refractivity contribution in [1.82, 2.24) is 0 Å². The van der Waals surface area contributed by atoms with Crippen LogP contribution in [0, 0.1) is 18.3 Å². The lowest BCUT2D eigenvalue weighted by Gasteiger charge is -2.37. The van der Waals surface area contributed by atoms with Crippen molar-refractivity contribution >= 4 is 16.8 Å². The molecule has 1 heterocycles. The second-order valence-electron chi connectivity index (χ2n) is 8.35. The molecule has 4 heteroatoms. The van der Waals surface area contributed by atoms with E-state index >= 15 is 0 Å². The van der Waals surface area contributed by atoms with Gasteiger partial charge in [-0.1, -0.05) is 54.6 Å². The van der Waals surface area contributed by atoms with Crippen molar-refractivity contribution in [3.05, 3.63) is 113 Å². The van der Waals surface area contributed by atoms with Gasteiger partial charge in [0.15, 0.2) is 5.60 Å². The predicted octanol–water partition coefficient (Wildman–Crippen LogP) is 6.39. The zero-order chi connectivity index (χ0) is 23.5. The van der Waals surface area contributed by atoms with E-state index in [1.807, 2.05) is 61.5 Å². The summed E-state index contributed by atoms with van der Waals surface area (Å²) in [5.41, 5.74) is 3.40. The molecule has 0 saturated carbocycles. The van der Waals surface area contributed by atoms with Gasteiger partial charge in [-0.15, -0.1) is 0 Å². The molecule has 0 N–H and O–H groups in total. The van der Waals surface area contributed by atoms with Crippen LogP contribution >= 0.6 is 0 Å². The van der Waals surface area contributed by atoms with Crippen molar-refractivity contribution in [3.8, 4) is 17.6 Å². The third kappa shape index (κ3) is 3.71. The summed E-state index contributed by atoms with van der Waals surface area (Å²) in [6, 6.07) is 28.4. The lowest BCUT2D eigenvalue weighted by molar-refractivity contribution is 0.145. The minimum Gasteiger partial charge on any atom is -0.491 e. The van der Waals surface area contributed by atoms with E-state index in [1.54, 1.807) is 7.11 Å². The molecule has 0 bridgehead atoms. The monoisotopic (exact) mass is 447 g/mol. The van der Waals surface area contributed by atoms with Crippen LogP contribution < -0.4 is 9.47 Å². The van der Waals surface area contributed by atoms with Gasteiger partial charge in [0, 0.05) is 23.8 Å². The highest BCUT2D eigenvalue weighted by atomic mass is 16.5. The van der Waals surface area contributed by atoms with Gasteiger partial charge >= 0.3 is 0 Å². The first-order valence-electron chi connectivity index (χ1n) is 11.3. The molecule has 0 saturated heterocycles. The Bertz CT molecular complexity index is 1430. The van der Waals surface area contributed by atoms with Gasteiger partial charge in [-0.05, 0) is 59.7 Å². The first-order valence-corrected chi connectivity index (χ1v) is 11.3. The number of fused-ring (bicyclic) bond motifs is 3. The molecule has 34 heavy (non-hydrogen) atoms. The van der Waals surface area contributed by atoms with Crippen molar-refractivity contribution in [2.75, 3.05) is 20.3 Å². The summed E-state index contributed by atoms with van der Waals surface area (Å²) >= 11 is 0. The summed E-state index contributed by atoms with van der Waals surface area (Å²) < 4.78 is 17.8. The molecule has 1 unspecified atom stereocenters. The van der Waals surface area contributed by atoms with E-state index in [9.17, 15) is 5.26 Å². The van der Waals surface area contributed by atoms with Gasteiger partial charge in [-0.2, -0.15) is 5.26 Å². The third-order valence-electron chi connectivity index (χ3n) is 6.28. The Labute approximate surface area is 199 Å². The quantitative estimate of drug-likeness (QED) is 0.321. The smallest absolute Gasteiger partial charge is 0.179 e. The maximum Gasteiger partial charge on any atom is 0.179 e. The van der Waals surface area contributed by atoms with Crippen molar-refractivity contribution in [2.45, 2.75) is 12.5 Å². The molecule has 4 nitrogen and oxygen atoms in total. The highest BCUT2D eigenvalue weighted by Gasteiger charge is 2.39. The van der Waals surface area contributed by atoms with Crippen LogP contribution in [0.3, 0.4) is 0 Å². The van der Waals surface area contributed by atoms with E-state index in [-0.39, 0.29) is 0 Å². The first-order chi connectivity index (χ1) is 16.7. The molecule has 5 rings (SSSR count). The molecule has 4 aromatic carbocycles. The van der Waals surface area contributed by atoms with Crippen LogP contribution in [0.5, 0.6) is 11.5 Å². The SMILES string of the molecule is COCCOc1ccc(C2(c3ccccc3C#N)C=Cc3c(ccc4ccccc34)O2)cc1C. The Morgan fingerprint density at radius 3 is 2.59 bits per heavy atom. The summed E-state index contributed by atoms with van der Waals surface area (Å²) in [4.78, 5) is 0. The number of nitrogens with zero attached hydrogens (tertiary/aromatic N) is 1. The Kier molecular flexibility index (Phi) is 5.79. The Morgan fingerprint density at radius 1 is 0.941 bits per heavy atom. The minimum atomic E-state index is -0.947. The number of rotatable bonds is 6. The predicted molar refractivity (Wildman–Crippen MR) is 134 cm³/mol. The Hall–Kier alpha value is -4.07. The summed E-state index contributed by atoms with van der Waals surface area (Å²) in [6.07, 6.45) is 4.19. The third-order valence-corrected chi connectivity index (χ3v) is 6.28. The zero-order valence-corrected chi connectivity index (χ0v) is 19.2. The van der Waals surface area contributed by atoms with Gasteiger partial charge in [0.1, 0.15) is 18.1 Å². The maximum absolute atomic E-state index is 9.90. The van der Waals surface area contributed by atoms with E-state index < -0.39 is 5.60 Å². The Balaban J connectivity index is 1.67. The second-order valence-corrected chi connectivity index (χ2v) is 8.35. The number of nitriles is 1. The average molecular weight is 448 g/mol. The highest BCUT2D eigenvalue weighted by Crippen LogP contribution is 2.45. The van der Waals surface area contributed by atoms with E-state index in [4.69, 9.17) is 14.2 Å². The van der Waals surface area contributed by atoms with Gasteiger partial charge < -0.3 is 14.2 Å². The van der Waals surface area contributed by atoms with E-state index in [0.29, 0.717) is 18.8 Å². The van der Waals surface area contributed by atoms with Crippen LogP contribution in [0.25, 0.3) is 16.8 Å². The van der Waals surface area contributed by atoms with Gasteiger partial charge in [0.25, 0.3) is 0 Å².